The van der Waals surface area contributed by atoms with Gasteiger partial charge in [0.1, 0.15) is 36.6 Å². The van der Waals surface area contributed by atoms with E-state index >= 15 is 0 Å². The van der Waals surface area contributed by atoms with Crippen LogP contribution in [0.5, 0.6) is 0 Å². The Bertz CT molecular complexity index is 1370. The van der Waals surface area contributed by atoms with Crippen LogP contribution in [0, 0.1) is 56.7 Å². The molecule has 6 aliphatic rings. The second kappa shape index (κ2) is 12.7. The summed E-state index contributed by atoms with van der Waals surface area (Å²) < 4.78 is 24.5. The maximum Gasteiger partial charge on any atom is 0.307 e. The van der Waals surface area contributed by atoms with Gasteiger partial charge in [-0.05, 0) is 72.0 Å². The van der Waals surface area contributed by atoms with Gasteiger partial charge in [-0.1, -0.05) is 60.1 Å². The highest BCUT2D eigenvalue weighted by Crippen LogP contribution is 2.75. The van der Waals surface area contributed by atoms with Gasteiger partial charge in [0.15, 0.2) is 12.6 Å². The smallest absolute Gasteiger partial charge is 0.307 e. The minimum atomic E-state index is -1.65. The zero-order valence-electron chi connectivity index (χ0n) is 30.9. The monoisotopic (exact) mass is 708 g/mol. The van der Waals surface area contributed by atoms with Gasteiger partial charge in [0, 0.05) is 24.2 Å². The van der Waals surface area contributed by atoms with E-state index in [0.717, 1.165) is 24.8 Å². The number of ether oxygens (including phenoxy) is 4. The number of rotatable bonds is 7. The first kappa shape index (κ1) is 38.1. The predicted molar refractivity (Wildman–Crippen MR) is 179 cm³/mol. The molecule has 284 valence electrons. The van der Waals surface area contributed by atoms with Gasteiger partial charge < -0.3 is 49.6 Å². The molecule has 6 N–H and O–H groups in total. The lowest BCUT2D eigenvalue weighted by Crippen LogP contribution is -2.73. The molecule has 0 aromatic rings. The van der Waals surface area contributed by atoms with Crippen molar-refractivity contribution in [3.8, 4) is 0 Å². The number of aliphatic hydroxyl groups excluding tert-OH is 5. The number of hydrogen-bond donors (Lipinski definition) is 6. The van der Waals surface area contributed by atoms with E-state index in [1.54, 1.807) is 0 Å². The maximum atomic E-state index is 13.4. The average molecular weight is 709 g/mol. The molecule has 12 heteroatoms. The van der Waals surface area contributed by atoms with E-state index in [9.17, 15) is 40.2 Å². The first-order valence-corrected chi connectivity index (χ1v) is 18.6. The maximum absolute atomic E-state index is 13.4. The Morgan fingerprint density at radius 1 is 0.980 bits per heavy atom. The fourth-order valence-corrected chi connectivity index (χ4v) is 12.5. The van der Waals surface area contributed by atoms with E-state index in [-0.39, 0.29) is 30.8 Å². The number of carboxylic acid groups (broad SMARTS) is 1. The van der Waals surface area contributed by atoms with Crippen LogP contribution in [-0.2, 0) is 28.5 Å². The number of carboxylic acids is 1. The van der Waals surface area contributed by atoms with Crippen LogP contribution >= 0.6 is 0 Å². The highest BCUT2D eigenvalue weighted by atomic mass is 16.7. The van der Waals surface area contributed by atoms with Gasteiger partial charge in [-0.15, -0.1) is 0 Å². The summed E-state index contributed by atoms with van der Waals surface area (Å²) in [5.74, 6) is -1.61. The number of fused-ring (bicyclic) bond motifs is 3. The van der Waals surface area contributed by atoms with E-state index in [2.05, 4.69) is 47.6 Å². The first-order valence-electron chi connectivity index (χ1n) is 18.6. The van der Waals surface area contributed by atoms with Crippen LogP contribution in [0.3, 0.4) is 0 Å². The average Bonchev–Trinajstić information content (AvgIpc) is 3.04. The van der Waals surface area contributed by atoms with Crippen molar-refractivity contribution in [3.63, 3.8) is 0 Å². The molecular formula is C38H60O12. The fraction of sp³-hybridized carbons (Fsp3) is 0.895. The summed E-state index contributed by atoms with van der Waals surface area (Å²) in [6.45, 7) is 15.8. The summed E-state index contributed by atoms with van der Waals surface area (Å²) in [5.41, 5.74) is -2.15. The SMILES string of the molecule is CC(=O)O[C@@H]1C[C@]23C4=CC[C@@]5(C)[C@H](C(=O)O)[C@@](C)([C@H](C)C(C)C)CC[C@]5(C)[C@H]4CC[C@H]2[C@](C)(COC3O)[C@H]1O[C@@H]1O[C@H](CO)[C@@H](O)[C@H](O)[C@H]1O. The number of esters is 1. The zero-order valence-corrected chi connectivity index (χ0v) is 30.9. The third-order valence-corrected chi connectivity index (χ3v) is 15.6. The molecule has 12 nitrogen and oxygen atoms in total. The van der Waals surface area contributed by atoms with Crippen molar-refractivity contribution in [1.29, 1.82) is 0 Å². The Labute approximate surface area is 295 Å². The van der Waals surface area contributed by atoms with E-state index in [1.807, 2.05) is 6.92 Å². The van der Waals surface area contributed by atoms with E-state index < -0.39 is 101 Å². The Kier molecular flexibility index (Phi) is 9.71. The molecular weight excluding hydrogens is 648 g/mol. The molecule has 17 atom stereocenters. The summed E-state index contributed by atoms with van der Waals surface area (Å²) in [6, 6.07) is 0. The van der Waals surface area contributed by atoms with Crippen molar-refractivity contribution >= 4 is 11.9 Å². The van der Waals surface area contributed by atoms with Crippen LogP contribution < -0.4 is 0 Å². The third kappa shape index (κ3) is 5.13. The lowest BCUT2D eigenvalue weighted by atomic mass is 9.34. The Hall–Kier alpha value is -1.64. The molecule has 4 aliphatic carbocycles. The minimum absolute atomic E-state index is 0.0419. The summed E-state index contributed by atoms with van der Waals surface area (Å²) in [4.78, 5) is 26.1. The van der Waals surface area contributed by atoms with Gasteiger partial charge in [-0.3, -0.25) is 9.59 Å². The largest absolute Gasteiger partial charge is 0.481 e. The molecule has 6 rings (SSSR count). The third-order valence-electron chi connectivity index (χ3n) is 15.6. The number of carbonyl (C=O) groups excluding carboxylic acids is 1. The van der Waals surface area contributed by atoms with Gasteiger partial charge in [0.05, 0.1) is 19.1 Å². The molecule has 50 heavy (non-hydrogen) atoms. The van der Waals surface area contributed by atoms with Crippen molar-refractivity contribution in [2.24, 2.45) is 56.7 Å². The van der Waals surface area contributed by atoms with Crippen LogP contribution in [-0.4, -0.2) is 105 Å². The number of aliphatic hydroxyl groups is 5. The molecule has 1 unspecified atom stereocenters. The van der Waals surface area contributed by atoms with Crippen molar-refractivity contribution in [2.75, 3.05) is 13.2 Å². The molecule has 2 bridgehead atoms. The summed E-state index contributed by atoms with van der Waals surface area (Å²) in [7, 11) is 0. The summed E-state index contributed by atoms with van der Waals surface area (Å²) >= 11 is 0. The van der Waals surface area contributed by atoms with Crippen LogP contribution in [0.25, 0.3) is 0 Å². The minimum Gasteiger partial charge on any atom is -0.481 e. The quantitative estimate of drug-likeness (QED) is 0.129. The fourth-order valence-electron chi connectivity index (χ4n) is 12.5. The number of allylic oxidation sites excluding steroid dienone is 1. The van der Waals surface area contributed by atoms with Gasteiger partial charge in [-0.2, -0.15) is 0 Å². The molecule has 0 aromatic carbocycles. The van der Waals surface area contributed by atoms with Crippen LogP contribution in [0.1, 0.15) is 93.9 Å². The van der Waals surface area contributed by atoms with Crippen molar-refractivity contribution in [1.82, 2.24) is 0 Å². The van der Waals surface area contributed by atoms with Crippen LogP contribution in [0.2, 0.25) is 0 Å². The lowest BCUT2D eigenvalue weighted by Gasteiger charge is -2.71. The second-order valence-corrected chi connectivity index (χ2v) is 18.0. The van der Waals surface area contributed by atoms with Crippen molar-refractivity contribution < 1.29 is 59.2 Å². The zero-order chi connectivity index (χ0) is 36.9. The molecule has 0 amide bonds. The highest BCUT2D eigenvalue weighted by molar-refractivity contribution is 5.73. The molecule has 3 saturated carbocycles. The number of carbonyl (C=O) groups is 2. The van der Waals surface area contributed by atoms with E-state index in [1.165, 1.54) is 6.92 Å². The van der Waals surface area contributed by atoms with Crippen LogP contribution in [0.15, 0.2) is 11.6 Å². The number of hydrogen-bond acceptors (Lipinski definition) is 11. The molecule has 2 saturated heterocycles. The van der Waals surface area contributed by atoms with Gasteiger partial charge in [0.25, 0.3) is 0 Å². The summed E-state index contributed by atoms with van der Waals surface area (Å²) in [6.07, 6.45) is -4.59. The Balaban J connectivity index is 1.42. The van der Waals surface area contributed by atoms with Gasteiger partial charge >= 0.3 is 11.9 Å². The van der Waals surface area contributed by atoms with Gasteiger partial charge in [0.2, 0.25) is 0 Å². The normalized spacial score (nSPS) is 52.2. The van der Waals surface area contributed by atoms with Crippen molar-refractivity contribution in [2.45, 2.75) is 143 Å². The Morgan fingerprint density at radius 2 is 1.66 bits per heavy atom. The van der Waals surface area contributed by atoms with Crippen LogP contribution in [0.4, 0.5) is 0 Å². The molecule has 0 spiro atoms. The standard InChI is InChI=1S/C38H60O12/c1-18(2)19(3)34(5)13-14-36(7)21-9-10-25-35(6)17-47-33(46)38(25,22(21)11-12-37(36,8)29(34)31(44)45)15-23(48-20(4)40)30(35)50-32-28(43)27(42)26(41)24(16-39)49-32/h11,18-19,21,23-30,32-33,39,41-43,46H,9-10,12-17H2,1-8H3,(H,44,45)/t19-,21+,23-,24-,25+,26-,27+,28-,29-,30+,32+,33?,34-,35+,36-,37+,38+/m1/s1. The van der Waals surface area contributed by atoms with Crippen molar-refractivity contribution in [3.05, 3.63) is 11.6 Å². The van der Waals surface area contributed by atoms with E-state index in [4.69, 9.17) is 18.9 Å². The predicted octanol–water partition coefficient (Wildman–Crippen LogP) is 3.01. The highest BCUT2D eigenvalue weighted by Gasteiger charge is 2.74. The first-order chi connectivity index (χ1) is 23.2. The summed E-state index contributed by atoms with van der Waals surface area (Å²) in [5, 5.41) is 64.6. The topological polar surface area (TPSA) is 192 Å². The molecule has 0 aromatic heterocycles. The molecule has 2 aliphatic heterocycles. The van der Waals surface area contributed by atoms with E-state index in [0.29, 0.717) is 18.8 Å². The Morgan fingerprint density at radius 3 is 2.26 bits per heavy atom. The van der Waals surface area contributed by atoms with Gasteiger partial charge in [-0.25, -0.2) is 0 Å². The lowest BCUT2D eigenvalue weighted by molar-refractivity contribution is -0.369. The molecule has 0 radical (unpaired) electrons. The number of aliphatic carboxylic acids is 1. The molecule has 5 fully saturated rings. The molecule has 2 heterocycles. The second-order valence-electron chi connectivity index (χ2n) is 18.0.